The maximum atomic E-state index is 10.6. The SMILES string of the molecule is CC1CCCC(n2cnnc2SCC(=O)O)C1. The van der Waals surface area contributed by atoms with Crippen molar-refractivity contribution in [1.82, 2.24) is 14.8 Å². The van der Waals surface area contributed by atoms with Crippen LogP contribution in [-0.2, 0) is 4.79 Å². The monoisotopic (exact) mass is 255 g/mol. The summed E-state index contributed by atoms with van der Waals surface area (Å²) in [7, 11) is 0. The van der Waals surface area contributed by atoms with E-state index in [0.29, 0.717) is 6.04 Å². The number of hydrogen-bond donors (Lipinski definition) is 1. The first-order valence-electron chi connectivity index (χ1n) is 5.91. The maximum absolute atomic E-state index is 10.6. The molecule has 0 amide bonds. The first-order chi connectivity index (χ1) is 8.16. The van der Waals surface area contributed by atoms with Gasteiger partial charge in [0, 0.05) is 6.04 Å². The zero-order valence-corrected chi connectivity index (χ0v) is 10.7. The van der Waals surface area contributed by atoms with Crippen LogP contribution in [0, 0.1) is 5.92 Å². The van der Waals surface area contributed by atoms with Crippen LogP contribution in [0.3, 0.4) is 0 Å². The number of thioether (sulfide) groups is 1. The molecule has 1 heterocycles. The summed E-state index contributed by atoms with van der Waals surface area (Å²) in [5, 5.41) is 17.3. The van der Waals surface area contributed by atoms with Crippen molar-refractivity contribution in [3.8, 4) is 0 Å². The fourth-order valence-corrected chi connectivity index (χ4v) is 3.07. The summed E-state index contributed by atoms with van der Waals surface area (Å²) >= 11 is 1.25. The fourth-order valence-electron chi connectivity index (χ4n) is 2.37. The molecule has 1 aliphatic rings. The number of carboxylic acid groups (broad SMARTS) is 1. The van der Waals surface area contributed by atoms with Gasteiger partial charge in [0.25, 0.3) is 0 Å². The maximum Gasteiger partial charge on any atom is 0.313 e. The van der Waals surface area contributed by atoms with Crippen molar-refractivity contribution < 1.29 is 9.90 Å². The molecule has 1 aliphatic carbocycles. The van der Waals surface area contributed by atoms with Gasteiger partial charge in [-0.3, -0.25) is 4.79 Å². The molecule has 1 fully saturated rings. The molecule has 0 bridgehead atoms. The standard InChI is InChI=1S/C11H17N3O2S/c1-8-3-2-4-9(5-8)14-7-12-13-11(14)17-6-10(15)16/h7-9H,2-6H2,1H3,(H,15,16). The van der Waals surface area contributed by atoms with E-state index < -0.39 is 5.97 Å². The minimum Gasteiger partial charge on any atom is -0.481 e. The van der Waals surface area contributed by atoms with Gasteiger partial charge in [0.15, 0.2) is 5.16 Å². The Morgan fingerprint density at radius 2 is 2.47 bits per heavy atom. The predicted octanol–water partition coefficient (Wildman–Crippen LogP) is 2.21. The number of carbonyl (C=O) groups is 1. The van der Waals surface area contributed by atoms with E-state index >= 15 is 0 Å². The van der Waals surface area contributed by atoms with Crippen LogP contribution in [0.2, 0.25) is 0 Å². The second-order valence-corrected chi connectivity index (χ2v) is 5.57. The number of nitrogens with zero attached hydrogens (tertiary/aromatic N) is 3. The molecule has 2 unspecified atom stereocenters. The van der Waals surface area contributed by atoms with Crippen LogP contribution < -0.4 is 0 Å². The van der Waals surface area contributed by atoms with Crippen molar-refractivity contribution in [3.63, 3.8) is 0 Å². The molecule has 5 nitrogen and oxygen atoms in total. The molecular formula is C11H17N3O2S. The van der Waals surface area contributed by atoms with Crippen LogP contribution in [0.5, 0.6) is 0 Å². The van der Waals surface area contributed by atoms with Crippen LogP contribution in [0.15, 0.2) is 11.5 Å². The average Bonchev–Trinajstić information content (AvgIpc) is 2.74. The smallest absolute Gasteiger partial charge is 0.313 e. The molecule has 1 aromatic rings. The van der Waals surface area contributed by atoms with Gasteiger partial charge in [0.1, 0.15) is 6.33 Å². The lowest BCUT2D eigenvalue weighted by molar-refractivity contribution is -0.133. The molecule has 1 N–H and O–H groups in total. The molecule has 0 saturated heterocycles. The molecule has 0 radical (unpaired) electrons. The lowest BCUT2D eigenvalue weighted by Crippen LogP contribution is -2.18. The normalized spacial score (nSPS) is 24.8. The number of rotatable bonds is 4. The molecule has 0 aromatic carbocycles. The second-order valence-electron chi connectivity index (χ2n) is 4.63. The molecule has 2 atom stereocenters. The second kappa shape index (κ2) is 5.53. The van der Waals surface area contributed by atoms with E-state index in [1.807, 2.05) is 4.57 Å². The fraction of sp³-hybridized carbons (Fsp3) is 0.727. The molecule has 94 valence electrons. The van der Waals surface area contributed by atoms with E-state index in [4.69, 9.17) is 5.11 Å². The molecule has 0 spiro atoms. The zero-order chi connectivity index (χ0) is 12.3. The van der Waals surface area contributed by atoms with Gasteiger partial charge in [-0.2, -0.15) is 0 Å². The summed E-state index contributed by atoms with van der Waals surface area (Å²) in [6.07, 6.45) is 6.53. The minimum atomic E-state index is -0.818. The van der Waals surface area contributed by atoms with Crippen molar-refractivity contribution in [3.05, 3.63) is 6.33 Å². The summed E-state index contributed by atoms with van der Waals surface area (Å²) in [6.45, 7) is 2.26. The summed E-state index contributed by atoms with van der Waals surface area (Å²) in [5.41, 5.74) is 0. The molecule has 6 heteroatoms. The van der Waals surface area contributed by atoms with Crippen LogP contribution in [0.25, 0.3) is 0 Å². The highest BCUT2D eigenvalue weighted by Crippen LogP contribution is 2.34. The molecule has 1 saturated carbocycles. The van der Waals surface area contributed by atoms with Crippen LogP contribution in [0.1, 0.15) is 38.6 Å². The summed E-state index contributed by atoms with van der Waals surface area (Å²) in [5.74, 6) is -0.0453. The molecule has 17 heavy (non-hydrogen) atoms. The van der Waals surface area contributed by atoms with Crippen molar-refractivity contribution >= 4 is 17.7 Å². The zero-order valence-electron chi connectivity index (χ0n) is 9.87. The number of aliphatic carboxylic acids is 1. The van der Waals surface area contributed by atoms with E-state index in [0.717, 1.165) is 23.9 Å². The third-order valence-electron chi connectivity index (χ3n) is 3.17. The van der Waals surface area contributed by atoms with E-state index in [-0.39, 0.29) is 5.75 Å². The van der Waals surface area contributed by atoms with E-state index in [1.54, 1.807) is 6.33 Å². The van der Waals surface area contributed by atoms with Gasteiger partial charge in [-0.1, -0.05) is 31.5 Å². The minimum absolute atomic E-state index is 0.0426. The first kappa shape index (κ1) is 12.4. The Balaban J connectivity index is 2.04. The first-order valence-corrected chi connectivity index (χ1v) is 6.89. The van der Waals surface area contributed by atoms with Crippen LogP contribution in [0.4, 0.5) is 0 Å². The van der Waals surface area contributed by atoms with Crippen molar-refractivity contribution in [1.29, 1.82) is 0 Å². The molecule has 1 aromatic heterocycles. The Hall–Kier alpha value is -1.04. The van der Waals surface area contributed by atoms with E-state index in [1.165, 1.54) is 24.6 Å². The Morgan fingerprint density at radius 1 is 1.65 bits per heavy atom. The number of carboxylic acids is 1. The van der Waals surface area contributed by atoms with Crippen molar-refractivity contribution in [2.75, 3.05) is 5.75 Å². The van der Waals surface area contributed by atoms with Gasteiger partial charge >= 0.3 is 5.97 Å². The predicted molar refractivity (Wildman–Crippen MR) is 65.1 cm³/mol. The Labute approximate surface area is 105 Å². The lowest BCUT2D eigenvalue weighted by atomic mass is 9.87. The van der Waals surface area contributed by atoms with Crippen molar-refractivity contribution in [2.24, 2.45) is 5.92 Å². The lowest BCUT2D eigenvalue weighted by Gasteiger charge is -2.28. The van der Waals surface area contributed by atoms with Gasteiger partial charge in [0.2, 0.25) is 0 Å². The highest BCUT2D eigenvalue weighted by atomic mass is 32.2. The molecule has 2 rings (SSSR count). The molecule has 0 aliphatic heterocycles. The number of aromatic nitrogens is 3. The third-order valence-corrected chi connectivity index (χ3v) is 4.11. The Morgan fingerprint density at radius 3 is 3.18 bits per heavy atom. The van der Waals surface area contributed by atoms with Gasteiger partial charge < -0.3 is 9.67 Å². The Kier molecular flexibility index (Phi) is 4.04. The largest absolute Gasteiger partial charge is 0.481 e. The topological polar surface area (TPSA) is 68.0 Å². The highest BCUT2D eigenvalue weighted by molar-refractivity contribution is 7.99. The van der Waals surface area contributed by atoms with E-state index in [9.17, 15) is 4.79 Å². The number of hydrogen-bond acceptors (Lipinski definition) is 4. The quantitative estimate of drug-likeness (QED) is 0.835. The van der Waals surface area contributed by atoms with Crippen molar-refractivity contribution in [2.45, 2.75) is 43.8 Å². The third kappa shape index (κ3) is 3.21. The van der Waals surface area contributed by atoms with Gasteiger partial charge in [-0.15, -0.1) is 10.2 Å². The highest BCUT2D eigenvalue weighted by Gasteiger charge is 2.22. The Bertz CT molecular complexity index is 394. The van der Waals surface area contributed by atoms with Gasteiger partial charge in [0.05, 0.1) is 5.75 Å². The summed E-state index contributed by atoms with van der Waals surface area (Å²) in [6, 6.07) is 0.435. The van der Waals surface area contributed by atoms with E-state index in [2.05, 4.69) is 17.1 Å². The van der Waals surface area contributed by atoms with Crippen LogP contribution in [-0.4, -0.2) is 31.6 Å². The summed E-state index contributed by atoms with van der Waals surface area (Å²) < 4.78 is 2.04. The van der Waals surface area contributed by atoms with Crippen LogP contribution >= 0.6 is 11.8 Å². The van der Waals surface area contributed by atoms with Gasteiger partial charge in [-0.25, -0.2) is 0 Å². The average molecular weight is 255 g/mol. The summed E-state index contributed by atoms with van der Waals surface area (Å²) in [4.78, 5) is 10.6. The molecular weight excluding hydrogens is 238 g/mol. The van der Waals surface area contributed by atoms with Gasteiger partial charge in [-0.05, 0) is 18.8 Å².